The van der Waals surface area contributed by atoms with E-state index in [4.69, 9.17) is 9.47 Å². The van der Waals surface area contributed by atoms with Crippen LogP contribution in [0.15, 0.2) is 53.3 Å². The molecule has 7 heteroatoms. The van der Waals surface area contributed by atoms with Gasteiger partial charge in [0.15, 0.2) is 0 Å². The van der Waals surface area contributed by atoms with Gasteiger partial charge in [0, 0.05) is 35.0 Å². The van der Waals surface area contributed by atoms with E-state index in [1.807, 2.05) is 38.1 Å². The molecule has 3 rings (SSSR count). The van der Waals surface area contributed by atoms with E-state index in [0.29, 0.717) is 17.9 Å². The summed E-state index contributed by atoms with van der Waals surface area (Å²) < 4.78 is 12.2. The van der Waals surface area contributed by atoms with Gasteiger partial charge in [-0.15, -0.1) is 0 Å². The normalized spacial score (nSPS) is 10.5. The van der Waals surface area contributed by atoms with Crippen molar-refractivity contribution in [2.45, 2.75) is 20.4 Å². The van der Waals surface area contributed by atoms with E-state index in [2.05, 4.69) is 25.9 Å². The number of aromatic nitrogens is 2. The highest BCUT2D eigenvalue weighted by Crippen LogP contribution is 2.27. The Morgan fingerprint density at radius 1 is 1.14 bits per heavy atom. The highest BCUT2D eigenvalue weighted by atomic mass is 79.9. The number of hydrogen-bond acceptors (Lipinski definition) is 5. The third kappa shape index (κ3) is 4.74. The van der Waals surface area contributed by atoms with Gasteiger partial charge in [0.2, 0.25) is 5.88 Å². The van der Waals surface area contributed by atoms with Crippen LogP contribution in [-0.4, -0.2) is 34.9 Å². The second-order valence-corrected chi connectivity index (χ2v) is 7.54. The number of methoxy groups -OCH3 is 1. The van der Waals surface area contributed by atoms with Gasteiger partial charge in [-0.25, -0.2) is 4.98 Å². The minimum Gasteiger partial charge on any atom is -0.496 e. The van der Waals surface area contributed by atoms with Gasteiger partial charge in [0.25, 0.3) is 5.91 Å². The summed E-state index contributed by atoms with van der Waals surface area (Å²) in [4.78, 5) is 23.4. The summed E-state index contributed by atoms with van der Waals surface area (Å²) in [5.41, 5.74) is 3.04. The standard InChI is InChI=1S/C22H22BrN3O3/c1-14-12-25-19(15(2)20(14)28-4)13-26(3)22(27)18-6-5-11-24-21(18)29-17-9-7-16(23)8-10-17/h5-12H,13H2,1-4H3. The molecule has 0 N–H and O–H groups in total. The minimum absolute atomic E-state index is 0.203. The predicted molar refractivity (Wildman–Crippen MR) is 115 cm³/mol. The van der Waals surface area contributed by atoms with E-state index in [9.17, 15) is 4.79 Å². The topological polar surface area (TPSA) is 64.5 Å². The number of hydrogen-bond donors (Lipinski definition) is 0. The van der Waals surface area contributed by atoms with Crippen LogP contribution in [0.1, 0.15) is 27.2 Å². The molecule has 29 heavy (non-hydrogen) atoms. The maximum atomic E-state index is 13.1. The van der Waals surface area contributed by atoms with Crippen LogP contribution in [-0.2, 0) is 6.54 Å². The second-order valence-electron chi connectivity index (χ2n) is 6.62. The SMILES string of the molecule is COc1c(C)cnc(CN(C)C(=O)c2cccnc2Oc2ccc(Br)cc2)c1C. The van der Waals surface area contributed by atoms with Gasteiger partial charge in [0.05, 0.1) is 19.3 Å². The lowest BCUT2D eigenvalue weighted by Gasteiger charge is -2.20. The molecule has 1 aromatic carbocycles. The zero-order chi connectivity index (χ0) is 21.0. The largest absolute Gasteiger partial charge is 0.496 e. The first-order valence-electron chi connectivity index (χ1n) is 9.03. The zero-order valence-electron chi connectivity index (χ0n) is 16.8. The zero-order valence-corrected chi connectivity index (χ0v) is 18.4. The van der Waals surface area contributed by atoms with Gasteiger partial charge in [-0.2, -0.15) is 0 Å². The summed E-state index contributed by atoms with van der Waals surface area (Å²) in [6, 6.07) is 10.8. The molecule has 0 aliphatic carbocycles. The van der Waals surface area contributed by atoms with Crippen LogP contribution in [0.2, 0.25) is 0 Å². The summed E-state index contributed by atoms with van der Waals surface area (Å²) in [7, 11) is 3.36. The van der Waals surface area contributed by atoms with Crippen molar-refractivity contribution in [3.8, 4) is 17.4 Å². The number of benzene rings is 1. The van der Waals surface area contributed by atoms with Crippen molar-refractivity contribution in [2.75, 3.05) is 14.2 Å². The fourth-order valence-corrected chi connectivity index (χ4v) is 3.25. The van der Waals surface area contributed by atoms with Gasteiger partial charge in [-0.3, -0.25) is 9.78 Å². The maximum absolute atomic E-state index is 13.1. The number of carbonyl (C=O) groups is 1. The number of rotatable bonds is 6. The first-order valence-corrected chi connectivity index (χ1v) is 9.83. The molecule has 0 unspecified atom stereocenters. The van der Waals surface area contributed by atoms with Crippen LogP contribution in [0.4, 0.5) is 0 Å². The highest BCUT2D eigenvalue weighted by Gasteiger charge is 2.20. The third-order valence-corrected chi connectivity index (χ3v) is 5.04. The number of nitrogens with zero attached hydrogens (tertiary/aromatic N) is 3. The van der Waals surface area contributed by atoms with Crippen LogP contribution < -0.4 is 9.47 Å². The Balaban J connectivity index is 1.82. The molecule has 0 saturated heterocycles. The van der Waals surface area contributed by atoms with Gasteiger partial charge in [-0.1, -0.05) is 15.9 Å². The highest BCUT2D eigenvalue weighted by molar-refractivity contribution is 9.10. The first kappa shape index (κ1) is 20.8. The molecule has 0 spiro atoms. The lowest BCUT2D eigenvalue weighted by atomic mass is 10.1. The van der Waals surface area contributed by atoms with Crippen LogP contribution in [0.3, 0.4) is 0 Å². The fraction of sp³-hybridized carbons (Fsp3) is 0.227. The molecule has 0 fully saturated rings. The molecule has 2 aromatic heterocycles. The van der Waals surface area contributed by atoms with Crippen molar-refractivity contribution in [3.05, 3.63) is 75.6 Å². The van der Waals surface area contributed by atoms with E-state index in [1.54, 1.807) is 43.6 Å². The average Bonchev–Trinajstić information content (AvgIpc) is 2.72. The molecule has 2 heterocycles. The minimum atomic E-state index is -0.203. The third-order valence-electron chi connectivity index (χ3n) is 4.51. The van der Waals surface area contributed by atoms with Gasteiger partial charge in [0.1, 0.15) is 17.1 Å². The van der Waals surface area contributed by atoms with E-state index < -0.39 is 0 Å². The van der Waals surface area contributed by atoms with Crippen LogP contribution in [0, 0.1) is 13.8 Å². The number of halogens is 1. The summed E-state index contributed by atoms with van der Waals surface area (Å²) in [6.07, 6.45) is 3.35. The molecular weight excluding hydrogens is 434 g/mol. The van der Waals surface area contributed by atoms with Crippen molar-refractivity contribution in [1.82, 2.24) is 14.9 Å². The number of ether oxygens (including phenoxy) is 2. The molecule has 0 aliphatic heterocycles. The predicted octanol–water partition coefficient (Wildman–Crippen LogP) is 4.93. The number of carbonyl (C=O) groups excluding carboxylic acids is 1. The molecular formula is C22H22BrN3O3. The molecule has 0 radical (unpaired) electrons. The van der Waals surface area contributed by atoms with Crippen molar-refractivity contribution >= 4 is 21.8 Å². The Bertz CT molecular complexity index is 1020. The molecule has 1 amide bonds. The molecule has 0 atom stereocenters. The summed E-state index contributed by atoms with van der Waals surface area (Å²) in [5.74, 6) is 1.45. The van der Waals surface area contributed by atoms with Crippen LogP contribution in [0.25, 0.3) is 0 Å². The molecule has 3 aromatic rings. The summed E-state index contributed by atoms with van der Waals surface area (Å²) >= 11 is 3.39. The first-order chi connectivity index (χ1) is 13.9. The summed E-state index contributed by atoms with van der Waals surface area (Å²) in [6.45, 7) is 4.23. The van der Waals surface area contributed by atoms with E-state index >= 15 is 0 Å². The quantitative estimate of drug-likeness (QED) is 0.527. The Labute approximate surface area is 178 Å². The van der Waals surface area contributed by atoms with Crippen molar-refractivity contribution in [1.29, 1.82) is 0 Å². The number of amides is 1. The van der Waals surface area contributed by atoms with Gasteiger partial charge < -0.3 is 14.4 Å². The van der Waals surface area contributed by atoms with Crippen LogP contribution in [0.5, 0.6) is 17.4 Å². The second kappa shape index (κ2) is 9.05. The number of pyridine rings is 2. The Morgan fingerprint density at radius 2 is 1.86 bits per heavy atom. The lowest BCUT2D eigenvalue weighted by Crippen LogP contribution is -2.27. The molecule has 0 aliphatic rings. The van der Waals surface area contributed by atoms with Crippen molar-refractivity contribution in [2.24, 2.45) is 0 Å². The van der Waals surface area contributed by atoms with Crippen LogP contribution >= 0.6 is 15.9 Å². The van der Waals surface area contributed by atoms with E-state index in [-0.39, 0.29) is 11.8 Å². The van der Waals surface area contributed by atoms with Crippen molar-refractivity contribution in [3.63, 3.8) is 0 Å². The smallest absolute Gasteiger partial charge is 0.259 e. The lowest BCUT2D eigenvalue weighted by molar-refractivity contribution is 0.0779. The van der Waals surface area contributed by atoms with E-state index in [0.717, 1.165) is 27.0 Å². The van der Waals surface area contributed by atoms with E-state index in [1.165, 1.54) is 0 Å². The fourth-order valence-electron chi connectivity index (χ4n) is 2.98. The Hall–Kier alpha value is -2.93. The molecule has 150 valence electrons. The van der Waals surface area contributed by atoms with Gasteiger partial charge >= 0.3 is 0 Å². The average molecular weight is 456 g/mol. The maximum Gasteiger partial charge on any atom is 0.259 e. The van der Waals surface area contributed by atoms with Gasteiger partial charge in [-0.05, 0) is 50.2 Å². The Morgan fingerprint density at radius 3 is 2.55 bits per heavy atom. The monoisotopic (exact) mass is 455 g/mol. The molecule has 0 saturated carbocycles. The number of aryl methyl sites for hydroxylation is 1. The summed E-state index contributed by atoms with van der Waals surface area (Å²) in [5, 5.41) is 0. The Kier molecular flexibility index (Phi) is 6.49. The van der Waals surface area contributed by atoms with Crippen molar-refractivity contribution < 1.29 is 14.3 Å². The molecule has 0 bridgehead atoms. The molecule has 6 nitrogen and oxygen atoms in total.